The zero-order valence-electron chi connectivity index (χ0n) is 13.6. The molecule has 4 nitrogen and oxygen atoms in total. The Balaban J connectivity index is 0.00000242. The summed E-state index contributed by atoms with van der Waals surface area (Å²) in [6.07, 6.45) is 2.17. The summed E-state index contributed by atoms with van der Waals surface area (Å²) in [5.41, 5.74) is 1.41. The maximum absolute atomic E-state index is 11.7. The maximum atomic E-state index is 11.7. The van der Waals surface area contributed by atoms with Crippen molar-refractivity contribution >= 4 is 6.09 Å². The molecule has 1 aliphatic heterocycles. The van der Waals surface area contributed by atoms with E-state index in [4.69, 9.17) is 4.74 Å². The van der Waals surface area contributed by atoms with Crippen molar-refractivity contribution in [2.24, 2.45) is 0 Å². The van der Waals surface area contributed by atoms with Crippen molar-refractivity contribution in [3.05, 3.63) is 35.9 Å². The molecule has 1 amide bonds. The second kappa shape index (κ2) is 9.16. The molecule has 22 heavy (non-hydrogen) atoms. The highest BCUT2D eigenvalue weighted by Gasteiger charge is 2.30. The summed E-state index contributed by atoms with van der Waals surface area (Å²) in [7, 11) is 2.30. The summed E-state index contributed by atoms with van der Waals surface area (Å²) in [5, 5.41) is 0. The lowest BCUT2D eigenvalue weighted by Crippen LogP contribution is -3.00. The van der Waals surface area contributed by atoms with Crippen LogP contribution in [-0.4, -0.2) is 61.9 Å². The number of aryl methyl sites for hydroxylation is 1. The Hall–Kier alpha value is -1.07. The largest absolute Gasteiger partial charge is 1.00 e. The van der Waals surface area contributed by atoms with Gasteiger partial charge in [-0.05, 0) is 18.9 Å². The molecule has 0 bridgehead atoms. The summed E-state index contributed by atoms with van der Waals surface area (Å²) < 4.78 is 6.13. The second-order valence-electron chi connectivity index (χ2n) is 6.07. The Labute approximate surface area is 144 Å². The van der Waals surface area contributed by atoms with E-state index in [1.54, 1.807) is 0 Å². The fourth-order valence-corrected chi connectivity index (χ4v) is 2.88. The molecule has 1 fully saturated rings. The lowest BCUT2D eigenvalue weighted by Gasteiger charge is -2.41. The minimum atomic E-state index is -0.159. The van der Waals surface area contributed by atoms with Crippen molar-refractivity contribution < 1.29 is 31.0 Å². The first kappa shape index (κ1) is 19.0. The first-order valence-corrected chi connectivity index (χ1v) is 7.92. The molecular weight excluding hydrogens is 344 g/mol. The molecule has 5 heteroatoms. The van der Waals surface area contributed by atoms with Crippen LogP contribution in [-0.2, 0) is 11.2 Å². The van der Waals surface area contributed by atoms with E-state index in [1.165, 1.54) is 18.5 Å². The number of amides is 1. The third kappa shape index (κ3) is 5.61. The molecule has 0 unspecified atom stereocenters. The molecule has 0 radical (unpaired) electrons. The van der Waals surface area contributed by atoms with Gasteiger partial charge in [-0.15, -0.1) is 0 Å². The minimum Gasteiger partial charge on any atom is -1.00 e. The van der Waals surface area contributed by atoms with Crippen molar-refractivity contribution in [1.29, 1.82) is 0 Å². The number of rotatable bonds is 5. The SMILES string of the molecule is CCOC(=O)N1CC[N+](C)(CCCc2ccccc2)CC1.[Br-]. The number of nitrogens with zero attached hydrogens (tertiary/aromatic N) is 2. The van der Waals surface area contributed by atoms with Crippen LogP contribution in [0.1, 0.15) is 18.9 Å². The van der Waals surface area contributed by atoms with Gasteiger partial charge in [-0.3, -0.25) is 4.90 Å². The number of piperazine rings is 1. The van der Waals surface area contributed by atoms with Gasteiger partial charge in [0.1, 0.15) is 0 Å². The molecule has 0 N–H and O–H groups in total. The zero-order chi connectivity index (χ0) is 15.1. The number of benzene rings is 1. The Morgan fingerprint density at radius 2 is 1.86 bits per heavy atom. The average Bonchev–Trinajstić information content (AvgIpc) is 2.49. The number of hydrogen-bond acceptors (Lipinski definition) is 2. The topological polar surface area (TPSA) is 29.5 Å². The van der Waals surface area contributed by atoms with E-state index in [-0.39, 0.29) is 23.1 Å². The number of quaternary nitrogens is 1. The summed E-state index contributed by atoms with van der Waals surface area (Å²) >= 11 is 0. The van der Waals surface area contributed by atoms with Crippen LogP contribution in [0.4, 0.5) is 4.79 Å². The van der Waals surface area contributed by atoms with Crippen molar-refractivity contribution in [2.75, 3.05) is 46.4 Å². The molecule has 0 spiro atoms. The van der Waals surface area contributed by atoms with Gasteiger partial charge in [0, 0.05) is 6.42 Å². The van der Waals surface area contributed by atoms with Crippen LogP contribution >= 0.6 is 0 Å². The summed E-state index contributed by atoms with van der Waals surface area (Å²) in [6.45, 7) is 7.14. The van der Waals surface area contributed by atoms with Crippen LogP contribution in [0.15, 0.2) is 30.3 Å². The Bertz CT molecular complexity index is 445. The van der Waals surface area contributed by atoms with Gasteiger partial charge in [0.2, 0.25) is 0 Å². The smallest absolute Gasteiger partial charge is 0.410 e. The molecule has 1 heterocycles. The summed E-state index contributed by atoms with van der Waals surface area (Å²) in [6, 6.07) is 10.6. The molecular formula is C17H27BrN2O2. The summed E-state index contributed by atoms with van der Waals surface area (Å²) in [5.74, 6) is 0. The van der Waals surface area contributed by atoms with Gasteiger partial charge in [0.15, 0.2) is 0 Å². The van der Waals surface area contributed by atoms with E-state index in [0.717, 1.165) is 37.1 Å². The third-order valence-corrected chi connectivity index (χ3v) is 4.35. The number of carbonyl (C=O) groups excluding carboxylic acids is 1. The monoisotopic (exact) mass is 370 g/mol. The fourth-order valence-electron chi connectivity index (χ4n) is 2.88. The molecule has 0 aliphatic carbocycles. The molecule has 1 aromatic carbocycles. The third-order valence-electron chi connectivity index (χ3n) is 4.35. The van der Waals surface area contributed by atoms with E-state index < -0.39 is 0 Å². The Kier molecular flexibility index (Phi) is 7.90. The molecule has 0 aromatic heterocycles. The van der Waals surface area contributed by atoms with Crippen molar-refractivity contribution in [3.8, 4) is 0 Å². The van der Waals surface area contributed by atoms with E-state index in [9.17, 15) is 4.79 Å². The maximum Gasteiger partial charge on any atom is 0.410 e. The first-order chi connectivity index (χ1) is 10.1. The molecule has 2 rings (SSSR count). The Morgan fingerprint density at radius 3 is 2.45 bits per heavy atom. The quantitative estimate of drug-likeness (QED) is 0.656. The van der Waals surface area contributed by atoms with Gasteiger partial charge < -0.3 is 26.2 Å². The number of hydrogen-bond donors (Lipinski definition) is 0. The fraction of sp³-hybridized carbons (Fsp3) is 0.588. The highest BCUT2D eigenvalue weighted by Crippen LogP contribution is 2.13. The zero-order valence-corrected chi connectivity index (χ0v) is 15.2. The van der Waals surface area contributed by atoms with Crippen molar-refractivity contribution in [2.45, 2.75) is 19.8 Å². The normalized spacial score (nSPS) is 16.7. The molecule has 1 saturated heterocycles. The number of carbonyl (C=O) groups is 1. The van der Waals surface area contributed by atoms with Crippen LogP contribution in [0, 0.1) is 0 Å². The van der Waals surface area contributed by atoms with Crippen LogP contribution in [0.5, 0.6) is 0 Å². The van der Waals surface area contributed by atoms with E-state index >= 15 is 0 Å². The predicted octanol–water partition coefficient (Wildman–Crippen LogP) is -0.458. The average molecular weight is 371 g/mol. The van der Waals surface area contributed by atoms with Crippen LogP contribution in [0.25, 0.3) is 0 Å². The van der Waals surface area contributed by atoms with Gasteiger partial charge in [-0.1, -0.05) is 30.3 Å². The van der Waals surface area contributed by atoms with Crippen LogP contribution in [0.3, 0.4) is 0 Å². The number of ether oxygens (including phenoxy) is 1. The highest BCUT2D eigenvalue weighted by molar-refractivity contribution is 5.67. The number of halogens is 1. The van der Waals surface area contributed by atoms with Gasteiger partial charge in [-0.25, -0.2) is 4.79 Å². The number of likely N-dealkylation sites (N-methyl/N-ethyl adjacent to an activating group) is 1. The van der Waals surface area contributed by atoms with Crippen LogP contribution < -0.4 is 17.0 Å². The predicted molar refractivity (Wildman–Crippen MR) is 84.1 cm³/mol. The molecule has 1 aliphatic rings. The standard InChI is InChI=1S/C17H27N2O2.BrH/c1-3-21-17(20)18-11-14-19(2,15-12-18)13-7-10-16-8-5-4-6-9-16;/h4-6,8-9H,3,7,10-15H2,1-2H3;1H/q+1;/p-1. The molecule has 124 valence electrons. The lowest BCUT2D eigenvalue weighted by molar-refractivity contribution is -0.913. The van der Waals surface area contributed by atoms with Crippen LogP contribution in [0.2, 0.25) is 0 Å². The van der Waals surface area contributed by atoms with Crippen molar-refractivity contribution in [1.82, 2.24) is 4.90 Å². The molecule has 0 saturated carbocycles. The first-order valence-electron chi connectivity index (χ1n) is 7.92. The van der Waals surface area contributed by atoms with E-state index in [0.29, 0.717) is 6.61 Å². The van der Waals surface area contributed by atoms with Gasteiger partial charge in [0.25, 0.3) is 0 Å². The van der Waals surface area contributed by atoms with Gasteiger partial charge in [-0.2, -0.15) is 0 Å². The van der Waals surface area contributed by atoms with Gasteiger partial charge in [0.05, 0.1) is 46.4 Å². The van der Waals surface area contributed by atoms with E-state index in [1.807, 2.05) is 11.8 Å². The molecule has 1 aromatic rings. The highest BCUT2D eigenvalue weighted by atomic mass is 79.9. The van der Waals surface area contributed by atoms with E-state index in [2.05, 4.69) is 37.4 Å². The van der Waals surface area contributed by atoms with Gasteiger partial charge >= 0.3 is 6.09 Å². The minimum absolute atomic E-state index is 0. The Morgan fingerprint density at radius 1 is 1.23 bits per heavy atom. The second-order valence-corrected chi connectivity index (χ2v) is 6.07. The summed E-state index contributed by atoms with van der Waals surface area (Å²) in [4.78, 5) is 13.5. The van der Waals surface area contributed by atoms with Crippen molar-refractivity contribution in [3.63, 3.8) is 0 Å². The lowest BCUT2D eigenvalue weighted by atomic mass is 10.1. The molecule has 0 atom stereocenters.